The van der Waals surface area contributed by atoms with Crippen LogP contribution in [-0.4, -0.2) is 30.4 Å². The van der Waals surface area contributed by atoms with Crippen LogP contribution in [0.15, 0.2) is 10.2 Å². The Kier molecular flexibility index (Phi) is 3.00. The molecule has 5 heteroatoms. The number of thiazole rings is 1. The number of nitrogens with one attached hydrogen (secondary N) is 1. The molecular weight excluding hydrogens is 200 g/mol. The Hall–Kier alpha value is -0.650. The highest BCUT2D eigenvalue weighted by atomic mass is 32.1. The van der Waals surface area contributed by atoms with Gasteiger partial charge in [-0.3, -0.25) is 4.79 Å². The molecule has 2 heterocycles. The first-order valence-electron chi connectivity index (χ1n) is 4.74. The highest BCUT2D eigenvalue weighted by Gasteiger charge is 2.16. The summed E-state index contributed by atoms with van der Waals surface area (Å²) in [6.07, 6.45) is 0.352. The summed E-state index contributed by atoms with van der Waals surface area (Å²) < 4.78 is 7.30. The van der Waals surface area contributed by atoms with Gasteiger partial charge in [-0.15, -0.1) is 0 Å². The molecule has 0 bridgehead atoms. The maximum Gasteiger partial charge on any atom is 0.307 e. The third-order valence-electron chi connectivity index (χ3n) is 2.39. The zero-order valence-corrected chi connectivity index (χ0v) is 8.97. The molecule has 0 aliphatic carbocycles. The van der Waals surface area contributed by atoms with Gasteiger partial charge in [0.25, 0.3) is 0 Å². The van der Waals surface area contributed by atoms with E-state index in [1.165, 1.54) is 11.3 Å². The number of aromatic nitrogens is 1. The number of hydrogen-bond acceptors (Lipinski definition) is 4. The van der Waals surface area contributed by atoms with E-state index in [-0.39, 0.29) is 4.87 Å². The smallest absolute Gasteiger partial charge is 0.307 e. The summed E-state index contributed by atoms with van der Waals surface area (Å²) in [5.74, 6) is 0. The number of aryl methyl sites for hydroxylation is 1. The average Bonchev–Trinajstić information content (AvgIpc) is 2.39. The normalized spacial score (nSPS) is 16.9. The van der Waals surface area contributed by atoms with Crippen molar-refractivity contribution in [3.8, 4) is 0 Å². The third kappa shape index (κ3) is 2.05. The van der Waals surface area contributed by atoms with Gasteiger partial charge in [-0.05, 0) is 6.92 Å². The summed E-state index contributed by atoms with van der Waals surface area (Å²) in [5, 5.41) is 5.02. The van der Waals surface area contributed by atoms with Gasteiger partial charge < -0.3 is 14.6 Å². The van der Waals surface area contributed by atoms with Gasteiger partial charge in [-0.1, -0.05) is 11.3 Å². The number of nitrogens with zero attached hydrogens (tertiary/aromatic N) is 1. The maximum atomic E-state index is 11.3. The number of ether oxygens (including phenoxy) is 1. The molecule has 0 saturated carbocycles. The topological polar surface area (TPSA) is 43.3 Å². The SMILES string of the molecule is Cc1csc(=O)n1CCOC1CNC1. The van der Waals surface area contributed by atoms with Crippen molar-refractivity contribution < 1.29 is 4.74 Å². The molecule has 1 aromatic rings. The van der Waals surface area contributed by atoms with Gasteiger partial charge in [0.05, 0.1) is 19.3 Å². The van der Waals surface area contributed by atoms with Crippen LogP contribution in [0.5, 0.6) is 0 Å². The fourth-order valence-electron chi connectivity index (χ4n) is 1.37. The highest BCUT2D eigenvalue weighted by molar-refractivity contribution is 7.07. The molecular formula is C9H14N2O2S. The molecule has 2 rings (SSSR count). The second-order valence-corrected chi connectivity index (χ2v) is 4.27. The molecule has 0 atom stereocenters. The second-order valence-electron chi connectivity index (χ2n) is 3.45. The van der Waals surface area contributed by atoms with Gasteiger partial charge in [-0.25, -0.2) is 0 Å². The maximum absolute atomic E-state index is 11.3. The van der Waals surface area contributed by atoms with E-state index in [1.54, 1.807) is 4.57 Å². The summed E-state index contributed by atoms with van der Waals surface area (Å²) in [7, 11) is 0. The van der Waals surface area contributed by atoms with Crippen molar-refractivity contribution in [2.24, 2.45) is 0 Å². The zero-order valence-electron chi connectivity index (χ0n) is 8.16. The number of rotatable bonds is 4. The van der Waals surface area contributed by atoms with Crippen molar-refractivity contribution in [2.45, 2.75) is 19.6 Å². The van der Waals surface area contributed by atoms with Crippen LogP contribution in [0, 0.1) is 6.92 Å². The number of hydrogen-bond donors (Lipinski definition) is 1. The van der Waals surface area contributed by atoms with Crippen molar-refractivity contribution in [3.05, 3.63) is 20.7 Å². The van der Waals surface area contributed by atoms with E-state index in [1.807, 2.05) is 12.3 Å². The van der Waals surface area contributed by atoms with Gasteiger partial charge in [-0.2, -0.15) is 0 Å². The quantitative estimate of drug-likeness (QED) is 0.779. The van der Waals surface area contributed by atoms with Gasteiger partial charge >= 0.3 is 4.87 Å². The van der Waals surface area contributed by atoms with Crippen molar-refractivity contribution in [3.63, 3.8) is 0 Å². The van der Waals surface area contributed by atoms with Gasteiger partial charge in [0, 0.05) is 24.2 Å². The Morgan fingerprint density at radius 1 is 1.71 bits per heavy atom. The first-order chi connectivity index (χ1) is 6.77. The van der Waals surface area contributed by atoms with E-state index < -0.39 is 0 Å². The molecule has 0 radical (unpaired) electrons. The largest absolute Gasteiger partial charge is 0.374 e. The third-order valence-corrected chi connectivity index (χ3v) is 3.27. The van der Waals surface area contributed by atoms with Gasteiger partial charge in [0.1, 0.15) is 0 Å². The Bertz CT molecular complexity index is 354. The predicted molar refractivity (Wildman–Crippen MR) is 55.9 cm³/mol. The van der Waals surface area contributed by atoms with Crippen molar-refractivity contribution in [1.82, 2.24) is 9.88 Å². The molecule has 1 aromatic heterocycles. The molecule has 14 heavy (non-hydrogen) atoms. The molecule has 1 N–H and O–H groups in total. The summed E-state index contributed by atoms with van der Waals surface area (Å²) >= 11 is 1.25. The fourth-order valence-corrected chi connectivity index (χ4v) is 2.13. The lowest BCUT2D eigenvalue weighted by Crippen LogP contribution is -2.48. The molecule has 4 nitrogen and oxygen atoms in total. The molecule has 1 fully saturated rings. The Morgan fingerprint density at radius 2 is 2.50 bits per heavy atom. The molecule has 1 aliphatic heterocycles. The first-order valence-corrected chi connectivity index (χ1v) is 5.62. The van der Waals surface area contributed by atoms with E-state index in [2.05, 4.69) is 5.32 Å². The van der Waals surface area contributed by atoms with Crippen LogP contribution in [0.25, 0.3) is 0 Å². The Labute approximate surface area is 86.5 Å². The van der Waals surface area contributed by atoms with Crippen LogP contribution in [0.3, 0.4) is 0 Å². The Balaban J connectivity index is 1.82. The van der Waals surface area contributed by atoms with Crippen molar-refractivity contribution in [1.29, 1.82) is 0 Å². The fraction of sp³-hybridized carbons (Fsp3) is 0.667. The van der Waals surface area contributed by atoms with Crippen molar-refractivity contribution >= 4 is 11.3 Å². The summed E-state index contributed by atoms with van der Waals surface area (Å²) in [6, 6.07) is 0. The van der Waals surface area contributed by atoms with Crippen LogP contribution in [0.4, 0.5) is 0 Å². The lowest BCUT2D eigenvalue weighted by molar-refractivity contribution is 0.0145. The zero-order chi connectivity index (χ0) is 9.97. The van der Waals surface area contributed by atoms with E-state index in [9.17, 15) is 4.79 Å². The summed E-state index contributed by atoms with van der Waals surface area (Å²) in [6.45, 7) is 5.13. The lowest BCUT2D eigenvalue weighted by Gasteiger charge is -2.27. The van der Waals surface area contributed by atoms with E-state index in [0.29, 0.717) is 19.3 Å². The second kappa shape index (κ2) is 4.25. The summed E-state index contributed by atoms with van der Waals surface area (Å²) in [5.41, 5.74) is 1.02. The molecule has 1 saturated heterocycles. The minimum absolute atomic E-state index is 0.109. The van der Waals surface area contributed by atoms with Crippen LogP contribution in [0.1, 0.15) is 5.69 Å². The van der Waals surface area contributed by atoms with Crippen LogP contribution < -0.4 is 10.2 Å². The molecule has 78 valence electrons. The standard InChI is InChI=1S/C9H14N2O2S/c1-7-6-14-9(12)11(7)2-3-13-8-4-10-5-8/h6,8,10H,2-5H2,1H3. The average molecular weight is 214 g/mol. The minimum atomic E-state index is 0.109. The summed E-state index contributed by atoms with van der Waals surface area (Å²) in [4.78, 5) is 11.4. The van der Waals surface area contributed by atoms with Crippen LogP contribution in [-0.2, 0) is 11.3 Å². The predicted octanol–water partition coefficient (Wildman–Crippen LogP) is 0.207. The van der Waals surface area contributed by atoms with E-state index >= 15 is 0 Å². The molecule has 1 aliphatic rings. The van der Waals surface area contributed by atoms with Crippen LogP contribution >= 0.6 is 11.3 Å². The monoisotopic (exact) mass is 214 g/mol. The van der Waals surface area contributed by atoms with Gasteiger partial charge in [0.15, 0.2) is 0 Å². The van der Waals surface area contributed by atoms with E-state index in [4.69, 9.17) is 4.74 Å². The molecule has 0 aromatic carbocycles. The van der Waals surface area contributed by atoms with Crippen LogP contribution in [0.2, 0.25) is 0 Å². The minimum Gasteiger partial charge on any atom is -0.374 e. The van der Waals surface area contributed by atoms with Gasteiger partial charge in [0.2, 0.25) is 0 Å². The highest BCUT2D eigenvalue weighted by Crippen LogP contribution is 2.01. The molecule has 0 unspecified atom stereocenters. The lowest BCUT2D eigenvalue weighted by atomic mass is 10.2. The molecule has 0 amide bonds. The Morgan fingerprint density at radius 3 is 3.00 bits per heavy atom. The molecule has 0 spiro atoms. The van der Waals surface area contributed by atoms with E-state index in [0.717, 1.165) is 18.8 Å². The van der Waals surface area contributed by atoms with Crippen molar-refractivity contribution in [2.75, 3.05) is 19.7 Å². The first kappa shape index (κ1) is 9.89.